The summed E-state index contributed by atoms with van der Waals surface area (Å²) in [4.78, 5) is 15.0. The van der Waals surface area contributed by atoms with Gasteiger partial charge >= 0.3 is 6.18 Å². The summed E-state index contributed by atoms with van der Waals surface area (Å²) in [5, 5.41) is 7.81. The first-order chi connectivity index (χ1) is 7.46. The van der Waals surface area contributed by atoms with Gasteiger partial charge in [0.2, 0.25) is 5.82 Å². The molecule has 0 bridgehead atoms. The van der Waals surface area contributed by atoms with Crippen LogP contribution in [0.15, 0.2) is 0 Å². The first-order valence-electron chi connectivity index (χ1n) is 4.73. The van der Waals surface area contributed by atoms with Gasteiger partial charge in [0.15, 0.2) is 0 Å². The van der Waals surface area contributed by atoms with Crippen LogP contribution >= 0.6 is 0 Å². The number of carbonyl (C=O) groups excluding carboxylic acids is 1. The second-order valence-corrected chi connectivity index (χ2v) is 3.62. The molecule has 0 atom stereocenters. The molecule has 5 nitrogen and oxygen atoms in total. The molecule has 16 heavy (non-hydrogen) atoms. The fraction of sp³-hybridized carbons (Fsp3) is 0.625. The van der Waals surface area contributed by atoms with Crippen molar-refractivity contribution in [3.63, 3.8) is 0 Å². The molecule has 8 heteroatoms. The molecule has 1 aromatic rings. The largest absolute Gasteiger partial charge is 0.405 e. The summed E-state index contributed by atoms with van der Waals surface area (Å²) in [7, 11) is 0. The van der Waals surface area contributed by atoms with Crippen molar-refractivity contribution in [3.05, 3.63) is 11.6 Å². The number of nitrogens with one attached hydrogen (secondary N) is 2. The van der Waals surface area contributed by atoms with Gasteiger partial charge in [-0.3, -0.25) is 9.89 Å². The first kappa shape index (κ1) is 10.9. The number of rotatable bonds is 3. The van der Waals surface area contributed by atoms with Gasteiger partial charge in [-0.1, -0.05) is 0 Å². The van der Waals surface area contributed by atoms with Crippen LogP contribution in [-0.2, 0) is 0 Å². The van der Waals surface area contributed by atoms with Crippen molar-refractivity contribution in [1.82, 2.24) is 20.5 Å². The van der Waals surface area contributed by atoms with Crippen molar-refractivity contribution >= 4 is 5.91 Å². The van der Waals surface area contributed by atoms with Crippen LogP contribution < -0.4 is 5.32 Å². The zero-order chi connectivity index (χ0) is 11.8. The highest BCUT2D eigenvalue weighted by molar-refractivity contribution is 5.90. The lowest BCUT2D eigenvalue weighted by Gasteiger charge is -2.05. The van der Waals surface area contributed by atoms with E-state index in [2.05, 4.69) is 15.2 Å². The highest BCUT2D eigenvalue weighted by Gasteiger charge is 2.30. The minimum atomic E-state index is -4.43. The Morgan fingerprint density at radius 3 is 2.75 bits per heavy atom. The molecule has 88 valence electrons. The Morgan fingerprint density at radius 2 is 2.19 bits per heavy atom. The van der Waals surface area contributed by atoms with E-state index in [-0.39, 0.29) is 11.7 Å². The molecule has 2 rings (SSSR count). The Kier molecular flexibility index (Phi) is 2.56. The van der Waals surface area contributed by atoms with Crippen molar-refractivity contribution < 1.29 is 18.0 Å². The SMILES string of the molecule is O=C(NCC(F)(F)F)c1n[nH]c(C2CC2)n1. The van der Waals surface area contributed by atoms with Crippen LogP contribution in [0.4, 0.5) is 13.2 Å². The van der Waals surface area contributed by atoms with E-state index in [0.717, 1.165) is 12.8 Å². The Labute approximate surface area is 88.4 Å². The van der Waals surface area contributed by atoms with Gasteiger partial charge in [-0.05, 0) is 12.8 Å². The predicted molar refractivity (Wildman–Crippen MR) is 46.7 cm³/mol. The molecule has 2 N–H and O–H groups in total. The van der Waals surface area contributed by atoms with E-state index in [1.165, 1.54) is 0 Å². The lowest BCUT2D eigenvalue weighted by atomic mass is 10.4. The van der Waals surface area contributed by atoms with E-state index < -0.39 is 18.6 Å². The topological polar surface area (TPSA) is 70.7 Å². The average Bonchev–Trinajstić information content (AvgIpc) is 2.92. The normalized spacial score (nSPS) is 16.2. The van der Waals surface area contributed by atoms with Gasteiger partial charge in [0.1, 0.15) is 12.4 Å². The molecule has 1 saturated carbocycles. The van der Waals surface area contributed by atoms with Crippen molar-refractivity contribution in [3.8, 4) is 0 Å². The fourth-order valence-electron chi connectivity index (χ4n) is 1.17. The third-order valence-electron chi connectivity index (χ3n) is 2.12. The molecule has 1 fully saturated rings. The summed E-state index contributed by atoms with van der Waals surface area (Å²) < 4.78 is 35.4. The van der Waals surface area contributed by atoms with E-state index in [1.54, 1.807) is 5.32 Å². The number of nitrogens with zero attached hydrogens (tertiary/aromatic N) is 2. The molecular formula is C8H9F3N4O. The molecule has 0 aliphatic heterocycles. The van der Waals surface area contributed by atoms with Gasteiger partial charge in [0.05, 0.1) is 0 Å². The second-order valence-electron chi connectivity index (χ2n) is 3.62. The number of alkyl halides is 3. The summed E-state index contributed by atoms with van der Waals surface area (Å²) >= 11 is 0. The zero-order valence-corrected chi connectivity index (χ0v) is 8.14. The van der Waals surface area contributed by atoms with Crippen LogP contribution in [0, 0.1) is 0 Å². The van der Waals surface area contributed by atoms with Crippen molar-refractivity contribution in [2.24, 2.45) is 0 Å². The number of halogens is 3. The monoisotopic (exact) mass is 234 g/mol. The van der Waals surface area contributed by atoms with Crippen LogP contribution in [0.3, 0.4) is 0 Å². The molecule has 1 aromatic heterocycles. The quantitative estimate of drug-likeness (QED) is 0.818. The molecule has 0 unspecified atom stereocenters. The van der Waals surface area contributed by atoms with Crippen LogP contribution in [0.5, 0.6) is 0 Å². The summed E-state index contributed by atoms with van der Waals surface area (Å²) in [5.74, 6) is -0.319. The van der Waals surface area contributed by atoms with E-state index in [0.29, 0.717) is 5.82 Å². The second kappa shape index (κ2) is 3.76. The molecule has 0 aromatic carbocycles. The van der Waals surface area contributed by atoms with E-state index in [9.17, 15) is 18.0 Å². The minimum Gasteiger partial charge on any atom is -0.340 e. The number of amides is 1. The van der Waals surface area contributed by atoms with Gasteiger partial charge in [-0.15, -0.1) is 5.10 Å². The first-order valence-corrected chi connectivity index (χ1v) is 4.73. The highest BCUT2D eigenvalue weighted by Crippen LogP contribution is 2.37. The summed E-state index contributed by atoms with van der Waals surface area (Å²) in [6.07, 6.45) is -2.48. The van der Waals surface area contributed by atoms with Gasteiger partial charge in [0.25, 0.3) is 5.91 Å². The molecule has 1 heterocycles. The Bertz CT molecular complexity index is 396. The number of aromatic amines is 1. The third kappa shape index (κ3) is 2.71. The summed E-state index contributed by atoms with van der Waals surface area (Å²) in [5.41, 5.74) is 0. The molecule has 0 saturated heterocycles. The molecule has 0 radical (unpaired) electrons. The Morgan fingerprint density at radius 1 is 1.50 bits per heavy atom. The van der Waals surface area contributed by atoms with E-state index >= 15 is 0 Å². The lowest BCUT2D eigenvalue weighted by Crippen LogP contribution is -2.34. The number of hydrogen-bond acceptors (Lipinski definition) is 3. The van der Waals surface area contributed by atoms with Gasteiger partial charge in [-0.2, -0.15) is 13.2 Å². The summed E-state index contributed by atoms with van der Waals surface area (Å²) in [6, 6.07) is 0. The fourth-order valence-corrected chi connectivity index (χ4v) is 1.17. The number of aromatic nitrogens is 3. The van der Waals surface area contributed by atoms with Crippen LogP contribution in [0.1, 0.15) is 35.2 Å². The van der Waals surface area contributed by atoms with E-state index in [1.807, 2.05) is 0 Å². The minimum absolute atomic E-state index is 0.244. The average molecular weight is 234 g/mol. The predicted octanol–water partition coefficient (Wildman–Crippen LogP) is 0.974. The number of carbonyl (C=O) groups is 1. The molecule has 1 amide bonds. The van der Waals surface area contributed by atoms with Crippen molar-refractivity contribution in [2.45, 2.75) is 24.9 Å². The maximum absolute atomic E-state index is 11.8. The lowest BCUT2D eigenvalue weighted by molar-refractivity contribution is -0.123. The van der Waals surface area contributed by atoms with Gasteiger partial charge in [-0.25, -0.2) is 4.98 Å². The molecule has 0 spiro atoms. The highest BCUT2D eigenvalue weighted by atomic mass is 19.4. The van der Waals surface area contributed by atoms with Gasteiger partial charge in [0, 0.05) is 5.92 Å². The maximum Gasteiger partial charge on any atom is 0.405 e. The molecule has 1 aliphatic rings. The number of hydrogen-bond donors (Lipinski definition) is 2. The van der Waals surface area contributed by atoms with Gasteiger partial charge < -0.3 is 5.32 Å². The standard InChI is InChI=1S/C8H9F3N4O/c9-8(10,11)3-12-7(16)6-13-5(14-15-6)4-1-2-4/h4H,1-3H2,(H,12,16)(H,13,14,15). The van der Waals surface area contributed by atoms with E-state index in [4.69, 9.17) is 0 Å². The zero-order valence-electron chi connectivity index (χ0n) is 8.14. The summed E-state index contributed by atoms with van der Waals surface area (Å²) in [6.45, 7) is -1.38. The van der Waals surface area contributed by atoms with Crippen LogP contribution in [-0.4, -0.2) is 33.8 Å². The third-order valence-corrected chi connectivity index (χ3v) is 2.12. The van der Waals surface area contributed by atoms with Crippen molar-refractivity contribution in [2.75, 3.05) is 6.54 Å². The number of H-pyrrole nitrogens is 1. The maximum atomic E-state index is 11.8. The molecule has 1 aliphatic carbocycles. The Balaban J connectivity index is 1.92. The van der Waals surface area contributed by atoms with Crippen LogP contribution in [0.2, 0.25) is 0 Å². The molecular weight excluding hydrogens is 225 g/mol. The van der Waals surface area contributed by atoms with Crippen molar-refractivity contribution in [1.29, 1.82) is 0 Å². The Hall–Kier alpha value is -1.60. The van der Waals surface area contributed by atoms with Crippen LogP contribution in [0.25, 0.3) is 0 Å². The smallest absolute Gasteiger partial charge is 0.340 e.